The smallest absolute Gasteiger partial charge is 0.333 e. The van der Waals surface area contributed by atoms with Gasteiger partial charge < -0.3 is 20.5 Å². The van der Waals surface area contributed by atoms with Crippen LogP contribution in [0, 0.1) is 0 Å². The fourth-order valence-corrected chi connectivity index (χ4v) is 4.90. The number of nitrogens with zero attached hydrogens (tertiary/aromatic N) is 3. The van der Waals surface area contributed by atoms with Crippen LogP contribution in [0.2, 0.25) is 0 Å². The van der Waals surface area contributed by atoms with Crippen LogP contribution in [0.3, 0.4) is 0 Å². The van der Waals surface area contributed by atoms with Crippen LogP contribution in [0.1, 0.15) is 52.1 Å². The summed E-state index contributed by atoms with van der Waals surface area (Å²) in [7, 11) is 1.29. The minimum absolute atomic E-state index is 0.0335. The summed E-state index contributed by atoms with van der Waals surface area (Å²) in [5.41, 5.74) is 8.88. The van der Waals surface area contributed by atoms with Gasteiger partial charge in [-0.1, -0.05) is 17.3 Å². The van der Waals surface area contributed by atoms with Crippen molar-refractivity contribution in [2.24, 2.45) is 5.73 Å². The molecule has 1 aliphatic rings. The Morgan fingerprint density at radius 1 is 1.42 bits per heavy atom. The van der Waals surface area contributed by atoms with E-state index >= 15 is 0 Å². The zero-order valence-corrected chi connectivity index (χ0v) is 20.3. The van der Waals surface area contributed by atoms with Crippen LogP contribution in [0.4, 0.5) is 0 Å². The fraction of sp³-hybridized carbons (Fsp3) is 0.364. The molecule has 4 rings (SSSR count). The highest BCUT2D eigenvalue weighted by molar-refractivity contribution is 9.11. The van der Waals surface area contributed by atoms with Gasteiger partial charge in [0, 0.05) is 12.2 Å². The van der Waals surface area contributed by atoms with E-state index < -0.39 is 12.0 Å². The number of hydrogen-bond donors (Lipinski definition) is 2. The van der Waals surface area contributed by atoms with Crippen LogP contribution in [-0.4, -0.2) is 46.7 Å². The van der Waals surface area contributed by atoms with E-state index in [1.807, 2.05) is 6.07 Å². The standard InChI is InChI=1S/C22H24BrN5O4S/c1-31-22(30)20(15-9-18(23)33-12-15)25-21(29)14-5-2-4-13(8-14)10-28-11-16(26-27-28)19(24)17-6-3-7-32-17/h2,4-5,8-9,11-12,17,19-20H,3,6-7,10,24H2,1H3,(H,25,29). The second-order valence-corrected chi connectivity index (χ2v) is 10.0. The molecule has 2 aromatic heterocycles. The summed E-state index contributed by atoms with van der Waals surface area (Å²) in [5, 5.41) is 12.9. The van der Waals surface area contributed by atoms with E-state index in [0.29, 0.717) is 23.4 Å². The zero-order valence-electron chi connectivity index (χ0n) is 17.9. The van der Waals surface area contributed by atoms with Crippen molar-refractivity contribution >= 4 is 39.1 Å². The zero-order chi connectivity index (χ0) is 23.4. The first-order chi connectivity index (χ1) is 15.9. The fourth-order valence-electron chi connectivity index (χ4n) is 3.70. The normalized spacial score (nSPS) is 17.5. The number of benzene rings is 1. The van der Waals surface area contributed by atoms with Gasteiger partial charge in [-0.2, -0.15) is 0 Å². The van der Waals surface area contributed by atoms with E-state index in [1.54, 1.807) is 40.5 Å². The number of methoxy groups -OCH3 is 1. The number of esters is 1. The highest BCUT2D eigenvalue weighted by atomic mass is 79.9. The molecular weight excluding hydrogens is 510 g/mol. The van der Waals surface area contributed by atoms with Gasteiger partial charge in [0.05, 0.1) is 35.8 Å². The summed E-state index contributed by atoms with van der Waals surface area (Å²) in [4.78, 5) is 25.2. The van der Waals surface area contributed by atoms with Crippen LogP contribution < -0.4 is 11.1 Å². The lowest BCUT2D eigenvalue weighted by Gasteiger charge is -2.16. The molecule has 33 heavy (non-hydrogen) atoms. The number of rotatable bonds is 8. The predicted octanol–water partition coefficient (Wildman–Crippen LogP) is 2.97. The largest absolute Gasteiger partial charge is 0.467 e. The van der Waals surface area contributed by atoms with Crippen molar-refractivity contribution in [2.45, 2.75) is 37.6 Å². The summed E-state index contributed by atoms with van der Waals surface area (Å²) in [6, 6.07) is 7.70. The third kappa shape index (κ3) is 5.67. The van der Waals surface area contributed by atoms with E-state index in [1.165, 1.54) is 18.4 Å². The molecule has 1 aromatic carbocycles. The maximum absolute atomic E-state index is 12.9. The van der Waals surface area contributed by atoms with Gasteiger partial charge in [0.15, 0.2) is 6.04 Å². The molecule has 0 radical (unpaired) electrons. The number of hydrogen-bond acceptors (Lipinski definition) is 8. The summed E-state index contributed by atoms with van der Waals surface area (Å²) < 4.78 is 13.1. The first-order valence-corrected chi connectivity index (χ1v) is 12.1. The number of carbonyl (C=O) groups excluding carboxylic acids is 2. The Morgan fingerprint density at radius 3 is 2.97 bits per heavy atom. The van der Waals surface area contributed by atoms with Crippen molar-refractivity contribution in [1.82, 2.24) is 20.3 Å². The van der Waals surface area contributed by atoms with Crippen LogP contribution in [0.15, 0.2) is 45.7 Å². The molecule has 3 atom stereocenters. The Bertz CT molecular complexity index is 1130. The average Bonchev–Trinajstić information content (AvgIpc) is 3.59. The molecule has 0 aliphatic carbocycles. The Morgan fingerprint density at radius 2 is 2.27 bits per heavy atom. The first-order valence-electron chi connectivity index (χ1n) is 10.4. The van der Waals surface area contributed by atoms with Gasteiger partial charge in [0.25, 0.3) is 5.91 Å². The predicted molar refractivity (Wildman–Crippen MR) is 126 cm³/mol. The third-order valence-corrected chi connectivity index (χ3v) is 6.95. The monoisotopic (exact) mass is 533 g/mol. The molecule has 1 aliphatic heterocycles. The minimum atomic E-state index is -0.897. The van der Waals surface area contributed by atoms with Crippen molar-refractivity contribution < 1.29 is 19.1 Å². The lowest BCUT2D eigenvalue weighted by molar-refractivity contribution is -0.143. The minimum Gasteiger partial charge on any atom is -0.467 e. The second kappa shape index (κ2) is 10.6. The third-order valence-electron chi connectivity index (χ3n) is 5.43. The maximum Gasteiger partial charge on any atom is 0.333 e. The number of nitrogens with two attached hydrogens (primary N) is 1. The highest BCUT2D eigenvalue weighted by Crippen LogP contribution is 2.27. The number of nitrogens with one attached hydrogen (secondary N) is 1. The van der Waals surface area contributed by atoms with Gasteiger partial charge in [0.1, 0.15) is 5.69 Å². The van der Waals surface area contributed by atoms with Crippen LogP contribution >= 0.6 is 27.3 Å². The topological polar surface area (TPSA) is 121 Å². The molecule has 1 amide bonds. The Kier molecular flexibility index (Phi) is 7.53. The van der Waals surface area contributed by atoms with Crippen molar-refractivity contribution in [3.05, 3.63) is 68.1 Å². The summed E-state index contributed by atoms with van der Waals surface area (Å²) in [6.45, 7) is 1.14. The molecule has 3 unspecified atom stereocenters. The van der Waals surface area contributed by atoms with Crippen LogP contribution in [0.25, 0.3) is 0 Å². The molecule has 1 saturated heterocycles. The van der Waals surface area contributed by atoms with Gasteiger partial charge in [-0.15, -0.1) is 16.4 Å². The summed E-state index contributed by atoms with van der Waals surface area (Å²) in [6.07, 6.45) is 3.69. The molecule has 11 heteroatoms. The Balaban J connectivity index is 1.45. The molecule has 0 saturated carbocycles. The number of amides is 1. The van der Waals surface area contributed by atoms with Crippen molar-refractivity contribution in [3.8, 4) is 0 Å². The number of carbonyl (C=O) groups is 2. The van der Waals surface area contributed by atoms with Gasteiger partial charge >= 0.3 is 5.97 Å². The van der Waals surface area contributed by atoms with E-state index in [-0.39, 0.29) is 18.1 Å². The van der Waals surface area contributed by atoms with Crippen molar-refractivity contribution in [2.75, 3.05) is 13.7 Å². The number of aromatic nitrogens is 3. The van der Waals surface area contributed by atoms with Crippen LogP contribution in [-0.2, 0) is 20.8 Å². The number of halogens is 1. The molecule has 3 aromatic rings. The quantitative estimate of drug-likeness (QED) is 0.426. The van der Waals surface area contributed by atoms with Crippen molar-refractivity contribution in [3.63, 3.8) is 0 Å². The summed E-state index contributed by atoms with van der Waals surface area (Å²) >= 11 is 4.80. The molecule has 0 spiro atoms. The molecule has 0 bridgehead atoms. The van der Waals surface area contributed by atoms with E-state index in [2.05, 4.69) is 31.6 Å². The number of thiophene rings is 1. The molecule has 3 heterocycles. The second-order valence-electron chi connectivity index (χ2n) is 7.73. The highest BCUT2D eigenvalue weighted by Gasteiger charge is 2.27. The molecule has 3 N–H and O–H groups in total. The lowest BCUT2D eigenvalue weighted by Crippen LogP contribution is -2.34. The van der Waals surface area contributed by atoms with Gasteiger partial charge in [0.2, 0.25) is 0 Å². The van der Waals surface area contributed by atoms with Gasteiger partial charge in [-0.3, -0.25) is 4.79 Å². The van der Waals surface area contributed by atoms with Crippen molar-refractivity contribution in [1.29, 1.82) is 0 Å². The first kappa shape index (κ1) is 23.6. The van der Waals surface area contributed by atoms with Crippen LogP contribution in [0.5, 0.6) is 0 Å². The molecule has 1 fully saturated rings. The van der Waals surface area contributed by atoms with E-state index in [0.717, 1.165) is 28.8 Å². The maximum atomic E-state index is 12.9. The van der Waals surface area contributed by atoms with E-state index in [9.17, 15) is 9.59 Å². The lowest BCUT2D eigenvalue weighted by atomic mass is 10.1. The Labute approximate surface area is 203 Å². The van der Waals surface area contributed by atoms with Gasteiger partial charge in [-0.25, -0.2) is 9.48 Å². The summed E-state index contributed by atoms with van der Waals surface area (Å²) in [5.74, 6) is -0.920. The average molecular weight is 534 g/mol. The van der Waals surface area contributed by atoms with Gasteiger partial charge in [-0.05, 0) is 63.5 Å². The number of ether oxygens (including phenoxy) is 2. The van der Waals surface area contributed by atoms with E-state index in [4.69, 9.17) is 15.2 Å². The SMILES string of the molecule is COC(=O)C(NC(=O)c1cccc(Cn2cc(C(N)C3CCCO3)nn2)c1)c1csc(Br)c1. The molecule has 9 nitrogen and oxygen atoms in total. The molecule has 174 valence electrons. The molecular formula is C22H24BrN5O4S. The Hall–Kier alpha value is -2.60.